The van der Waals surface area contributed by atoms with Gasteiger partial charge in [-0.3, -0.25) is 4.79 Å². The van der Waals surface area contributed by atoms with Crippen LogP contribution in [-0.4, -0.2) is 69.6 Å². The third-order valence-electron chi connectivity index (χ3n) is 6.21. The second kappa shape index (κ2) is 8.88. The van der Waals surface area contributed by atoms with E-state index in [0.29, 0.717) is 36.4 Å². The van der Waals surface area contributed by atoms with Crippen molar-refractivity contribution in [3.63, 3.8) is 0 Å². The number of nitrogens with zero attached hydrogens (tertiary/aromatic N) is 3. The Bertz CT molecular complexity index is 1450. The molecular formula is C24H25N5O5S. The molecule has 35 heavy (non-hydrogen) atoms. The quantitative estimate of drug-likeness (QED) is 0.537. The van der Waals surface area contributed by atoms with Gasteiger partial charge in [-0.2, -0.15) is 9.57 Å². The molecule has 182 valence electrons. The summed E-state index contributed by atoms with van der Waals surface area (Å²) in [6.07, 6.45) is 0. The molecule has 2 aliphatic rings. The Balaban J connectivity index is 1.34. The molecule has 1 amide bonds. The minimum absolute atomic E-state index is 0.0218. The molecule has 10 nitrogen and oxygen atoms in total. The largest absolute Gasteiger partial charge is 0.490 e. The molecule has 2 aliphatic heterocycles. The lowest BCUT2D eigenvalue weighted by Gasteiger charge is -2.41. The number of hydrogen-bond donors (Lipinski definition) is 2. The summed E-state index contributed by atoms with van der Waals surface area (Å²) in [5.74, 6) is 0.270. The van der Waals surface area contributed by atoms with Crippen molar-refractivity contribution >= 4 is 38.2 Å². The lowest BCUT2D eigenvalue weighted by molar-refractivity contribution is -0.116. The fourth-order valence-corrected chi connectivity index (χ4v) is 5.76. The number of carbonyl (C=O) groups excluding carboxylic acids is 1. The third kappa shape index (κ3) is 4.32. The first-order chi connectivity index (χ1) is 16.8. The summed E-state index contributed by atoms with van der Waals surface area (Å²) >= 11 is 0. The number of likely N-dealkylation sites (N-methyl/N-ethyl adjacent to an activating group) is 1. The number of H-pyrrole nitrogens is 1. The third-order valence-corrected chi connectivity index (χ3v) is 8.04. The van der Waals surface area contributed by atoms with E-state index in [4.69, 9.17) is 9.47 Å². The van der Waals surface area contributed by atoms with Gasteiger partial charge in [0.1, 0.15) is 29.0 Å². The number of hydrogen-bond acceptors (Lipinski definition) is 7. The predicted molar refractivity (Wildman–Crippen MR) is 130 cm³/mol. The number of benzene rings is 2. The summed E-state index contributed by atoms with van der Waals surface area (Å²) in [7, 11) is -2.65. The van der Waals surface area contributed by atoms with Crippen LogP contribution in [0.5, 0.6) is 5.75 Å². The summed E-state index contributed by atoms with van der Waals surface area (Å²) < 4.78 is 38.7. The smallest absolute Gasteiger partial charge is 0.245 e. The molecule has 1 aromatic heterocycles. The van der Waals surface area contributed by atoms with Crippen molar-refractivity contribution in [2.24, 2.45) is 0 Å². The van der Waals surface area contributed by atoms with Gasteiger partial charge in [-0.1, -0.05) is 0 Å². The number of sulfonamides is 1. The highest BCUT2D eigenvalue weighted by molar-refractivity contribution is 7.89. The van der Waals surface area contributed by atoms with E-state index in [1.807, 2.05) is 12.1 Å². The molecule has 0 spiro atoms. The highest BCUT2D eigenvalue weighted by Gasteiger charge is 2.31. The molecule has 0 atom stereocenters. The van der Waals surface area contributed by atoms with Gasteiger partial charge in [-0.25, -0.2) is 8.42 Å². The standard InChI is InChI=1S/C24H25N5O5S/c1-15-7-16-9-18(11-25)27-24(16)22(8-15)35(31,32)28(2)12-23(30)26-17-3-4-21-20(10-17)29(5-6-34-21)19-13-33-14-19/h3-4,7-10,19,27H,5-6,12-14H2,1-2H3,(H,26,30). The summed E-state index contributed by atoms with van der Waals surface area (Å²) in [6, 6.07) is 12.6. The number of anilines is 2. The monoisotopic (exact) mass is 495 g/mol. The van der Waals surface area contributed by atoms with E-state index in [2.05, 4.69) is 15.2 Å². The molecule has 5 rings (SSSR count). The van der Waals surface area contributed by atoms with Crippen molar-refractivity contribution in [2.75, 3.05) is 50.2 Å². The van der Waals surface area contributed by atoms with Crippen LogP contribution in [0.25, 0.3) is 10.9 Å². The fraction of sp³-hybridized carbons (Fsp3) is 0.333. The van der Waals surface area contributed by atoms with Crippen LogP contribution in [0.1, 0.15) is 11.3 Å². The van der Waals surface area contributed by atoms with Gasteiger partial charge in [-0.15, -0.1) is 0 Å². The summed E-state index contributed by atoms with van der Waals surface area (Å²) in [5, 5.41) is 12.6. The molecule has 3 aromatic rings. The minimum Gasteiger partial charge on any atom is -0.490 e. The van der Waals surface area contributed by atoms with Gasteiger partial charge in [0, 0.05) is 18.1 Å². The van der Waals surface area contributed by atoms with E-state index >= 15 is 0 Å². The summed E-state index contributed by atoms with van der Waals surface area (Å²) in [5.41, 5.74) is 2.77. The van der Waals surface area contributed by atoms with Crippen LogP contribution in [0.4, 0.5) is 11.4 Å². The summed E-state index contributed by atoms with van der Waals surface area (Å²) in [4.78, 5) is 17.9. The Labute approximate surface area is 203 Å². The molecule has 11 heteroatoms. The molecule has 3 heterocycles. The van der Waals surface area contributed by atoms with E-state index in [0.717, 1.165) is 27.9 Å². The number of nitriles is 1. The average molecular weight is 496 g/mol. The maximum absolute atomic E-state index is 13.3. The number of aromatic amines is 1. The van der Waals surface area contributed by atoms with Crippen LogP contribution < -0.4 is 15.0 Å². The first-order valence-corrected chi connectivity index (χ1v) is 12.6. The molecule has 2 N–H and O–H groups in total. The Morgan fingerprint density at radius 1 is 1.29 bits per heavy atom. The van der Waals surface area contributed by atoms with Gasteiger partial charge in [-0.05, 0) is 48.9 Å². The van der Waals surface area contributed by atoms with E-state index < -0.39 is 15.9 Å². The van der Waals surface area contributed by atoms with Crippen molar-refractivity contribution in [2.45, 2.75) is 17.9 Å². The van der Waals surface area contributed by atoms with Gasteiger partial charge in [0.05, 0.1) is 43.5 Å². The van der Waals surface area contributed by atoms with Gasteiger partial charge >= 0.3 is 0 Å². The van der Waals surface area contributed by atoms with E-state index in [1.54, 1.807) is 31.2 Å². The van der Waals surface area contributed by atoms with Gasteiger partial charge in [0.25, 0.3) is 0 Å². The highest BCUT2D eigenvalue weighted by Crippen LogP contribution is 2.36. The fourth-order valence-electron chi connectivity index (χ4n) is 4.37. The number of aryl methyl sites for hydroxylation is 1. The van der Waals surface area contributed by atoms with Crippen LogP contribution in [0, 0.1) is 18.3 Å². The molecule has 1 saturated heterocycles. The number of carbonyl (C=O) groups is 1. The second-order valence-electron chi connectivity index (χ2n) is 8.75. The van der Waals surface area contributed by atoms with Gasteiger partial charge in [0.15, 0.2) is 0 Å². The van der Waals surface area contributed by atoms with Crippen molar-refractivity contribution in [3.8, 4) is 11.8 Å². The number of rotatable bonds is 6. The highest BCUT2D eigenvalue weighted by atomic mass is 32.2. The van der Waals surface area contributed by atoms with Crippen LogP contribution in [0.15, 0.2) is 41.3 Å². The first kappa shape index (κ1) is 23.2. The Morgan fingerprint density at radius 2 is 2.09 bits per heavy atom. The lowest BCUT2D eigenvalue weighted by Crippen LogP contribution is -2.52. The number of aromatic nitrogens is 1. The van der Waals surface area contributed by atoms with E-state index in [1.165, 1.54) is 13.1 Å². The van der Waals surface area contributed by atoms with Gasteiger partial charge < -0.3 is 24.7 Å². The molecule has 1 fully saturated rings. The second-order valence-corrected chi connectivity index (χ2v) is 10.8. The molecule has 0 aliphatic carbocycles. The van der Waals surface area contributed by atoms with Gasteiger partial charge in [0.2, 0.25) is 15.9 Å². The topological polar surface area (TPSA) is 128 Å². The average Bonchev–Trinajstić information content (AvgIpc) is 3.20. The van der Waals surface area contributed by atoms with Crippen LogP contribution in [0.2, 0.25) is 0 Å². The Kier molecular flexibility index (Phi) is 5.88. The van der Waals surface area contributed by atoms with E-state index in [-0.39, 0.29) is 23.2 Å². The number of nitrogens with one attached hydrogen (secondary N) is 2. The predicted octanol–water partition coefficient (Wildman–Crippen LogP) is 2.20. The van der Waals surface area contributed by atoms with Crippen molar-refractivity contribution < 1.29 is 22.7 Å². The molecule has 0 bridgehead atoms. The van der Waals surface area contributed by atoms with Crippen LogP contribution in [-0.2, 0) is 19.6 Å². The zero-order chi connectivity index (χ0) is 24.7. The molecule has 0 unspecified atom stereocenters. The Hall–Kier alpha value is -3.59. The zero-order valence-corrected chi connectivity index (χ0v) is 20.2. The molecule has 0 radical (unpaired) electrons. The van der Waals surface area contributed by atoms with Crippen LogP contribution in [0.3, 0.4) is 0 Å². The normalized spacial score (nSPS) is 15.9. The number of ether oxygens (including phenoxy) is 2. The molecular weight excluding hydrogens is 470 g/mol. The van der Waals surface area contributed by atoms with Crippen molar-refractivity contribution in [3.05, 3.63) is 47.7 Å². The number of amides is 1. The van der Waals surface area contributed by atoms with Crippen molar-refractivity contribution in [1.82, 2.24) is 9.29 Å². The van der Waals surface area contributed by atoms with E-state index in [9.17, 15) is 18.5 Å². The van der Waals surface area contributed by atoms with Crippen molar-refractivity contribution in [1.29, 1.82) is 5.26 Å². The molecule has 2 aromatic carbocycles. The zero-order valence-electron chi connectivity index (χ0n) is 19.4. The van der Waals surface area contributed by atoms with Crippen LogP contribution >= 0.6 is 0 Å². The number of fused-ring (bicyclic) bond motifs is 2. The SMILES string of the molecule is Cc1cc(S(=O)(=O)N(C)CC(=O)Nc2ccc3c(c2)N(C2COC2)CCO3)c2[nH]c(C#N)cc2c1. The maximum Gasteiger partial charge on any atom is 0.245 e. The maximum atomic E-state index is 13.3. The minimum atomic E-state index is -4.01. The summed E-state index contributed by atoms with van der Waals surface area (Å²) in [6.45, 7) is 4.03. The molecule has 0 saturated carbocycles. The lowest BCUT2D eigenvalue weighted by atomic mass is 10.1. The first-order valence-electron chi connectivity index (χ1n) is 11.2. The Morgan fingerprint density at radius 3 is 2.80 bits per heavy atom.